The van der Waals surface area contributed by atoms with Crippen LogP contribution in [-0.2, 0) is 4.79 Å². The normalized spacial score (nSPS) is 24.8. The molecular formula is C19H22NO+. The summed E-state index contributed by atoms with van der Waals surface area (Å²) in [5.41, 5.74) is 2.52. The molecule has 1 aliphatic heterocycles. The molecule has 2 heteroatoms. The van der Waals surface area contributed by atoms with E-state index in [1.54, 1.807) is 0 Å². The van der Waals surface area contributed by atoms with Crippen LogP contribution in [0.25, 0.3) is 0 Å². The number of quaternary nitrogens is 1. The van der Waals surface area contributed by atoms with Crippen LogP contribution in [0.2, 0.25) is 0 Å². The molecule has 1 saturated heterocycles. The Labute approximate surface area is 126 Å². The molecule has 0 aliphatic carbocycles. The maximum Gasteiger partial charge on any atom is 0.145 e. The summed E-state index contributed by atoms with van der Waals surface area (Å²) in [7, 11) is 4.50. The molecule has 0 bridgehead atoms. The zero-order valence-electron chi connectivity index (χ0n) is 12.7. The second-order valence-corrected chi connectivity index (χ2v) is 6.43. The van der Waals surface area contributed by atoms with Gasteiger partial charge in [0.1, 0.15) is 17.9 Å². The molecule has 3 rings (SSSR count). The van der Waals surface area contributed by atoms with Crippen molar-refractivity contribution in [2.24, 2.45) is 0 Å². The van der Waals surface area contributed by atoms with Gasteiger partial charge in [-0.2, -0.15) is 0 Å². The first kappa shape index (κ1) is 14.0. The molecule has 0 N–H and O–H groups in total. The van der Waals surface area contributed by atoms with Crippen LogP contribution >= 0.6 is 0 Å². The van der Waals surface area contributed by atoms with E-state index in [4.69, 9.17) is 0 Å². The van der Waals surface area contributed by atoms with Crippen LogP contribution in [0.1, 0.15) is 36.1 Å². The molecule has 0 spiro atoms. The highest BCUT2D eigenvalue weighted by Crippen LogP contribution is 2.44. The monoisotopic (exact) mass is 280 g/mol. The number of carbonyl (C=O) groups is 1. The summed E-state index contributed by atoms with van der Waals surface area (Å²) >= 11 is 0. The first-order chi connectivity index (χ1) is 10.1. The van der Waals surface area contributed by atoms with Crippen molar-refractivity contribution in [3.8, 4) is 0 Å². The van der Waals surface area contributed by atoms with Gasteiger partial charge in [0.05, 0.1) is 26.9 Å². The summed E-state index contributed by atoms with van der Waals surface area (Å²) in [4.78, 5) is 12.3. The molecule has 2 aromatic carbocycles. The van der Waals surface area contributed by atoms with Crippen molar-refractivity contribution in [2.75, 3.05) is 14.1 Å². The van der Waals surface area contributed by atoms with E-state index in [0.29, 0.717) is 18.6 Å². The van der Waals surface area contributed by atoms with Gasteiger partial charge < -0.3 is 4.48 Å². The standard InChI is InChI=1S/C19H22NO/c1-20(2)18(15-9-5-3-6-10-15)13-17(21)14-19(20)16-11-7-4-8-12-16/h3-12,18-19H,13-14H2,1-2H3/q+1/t18-,19+. The quantitative estimate of drug-likeness (QED) is 0.762. The van der Waals surface area contributed by atoms with Gasteiger partial charge >= 0.3 is 0 Å². The van der Waals surface area contributed by atoms with Crippen LogP contribution in [0.15, 0.2) is 60.7 Å². The van der Waals surface area contributed by atoms with Crippen molar-refractivity contribution in [2.45, 2.75) is 24.9 Å². The second kappa shape index (κ2) is 5.45. The minimum atomic E-state index is 0.234. The van der Waals surface area contributed by atoms with Crippen LogP contribution in [-0.4, -0.2) is 24.4 Å². The molecular weight excluding hydrogens is 258 g/mol. The van der Waals surface area contributed by atoms with E-state index in [9.17, 15) is 4.79 Å². The molecule has 108 valence electrons. The molecule has 0 amide bonds. The van der Waals surface area contributed by atoms with Crippen LogP contribution in [0.4, 0.5) is 0 Å². The fourth-order valence-corrected chi connectivity index (χ4v) is 3.56. The maximum absolute atomic E-state index is 12.3. The van der Waals surface area contributed by atoms with Gasteiger partial charge in [-0.1, -0.05) is 60.7 Å². The predicted octanol–water partition coefficient (Wildman–Crippen LogP) is 3.91. The van der Waals surface area contributed by atoms with Gasteiger partial charge in [-0.05, 0) is 0 Å². The van der Waals surface area contributed by atoms with Crippen molar-refractivity contribution in [3.05, 3.63) is 71.8 Å². The Hall–Kier alpha value is -1.93. The average molecular weight is 280 g/mol. The maximum atomic E-state index is 12.3. The van der Waals surface area contributed by atoms with E-state index >= 15 is 0 Å². The molecule has 0 saturated carbocycles. The van der Waals surface area contributed by atoms with Gasteiger partial charge in [-0.15, -0.1) is 0 Å². The number of hydrogen-bond donors (Lipinski definition) is 0. The fraction of sp³-hybridized carbons (Fsp3) is 0.316. The molecule has 1 fully saturated rings. The minimum absolute atomic E-state index is 0.234. The van der Waals surface area contributed by atoms with Gasteiger partial charge in [0.2, 0.25) is 0 Å². The van der Waals surface area contributed by atoms with Crippen molar-refractivity contribution < 1.29 is 9.28 Å². The Kier molecular flexibility index (Phi) is 3.64. The zero-order valence-corrected chi connectivity index (χ0v) is 12.7. The summed E-state index contributed by atoms with van der Waals surface area (Å²) in [6.45, 7) is 0. The van der Waals surface area contributed by atoms with Gasteiger partial charge in [0.15, 0.2) is 0 Å². The summed E-state index contributed by atoms with van der Waals surface area (Å²) in [5, 5.41) is 0. The second-order valence-electron chi connectivity index (χ2n) is 6.43. The van der Waals surface area contributed by atoms with Crippen molar-refractivity contribution in [1.29, 1.82) is 0 Å². The third-order valence-electron chi connectivity index (χ3n) is 4.82. The Morgan fingerprint density at radius 2 is 1.14 bits per heavy atom. The molecule has 1 aliphatic rings. The number of ketones is 1. The van der Waals surface area contributed by atoms with Crippen molar-refractivity contribution in [3.63, 3.8) is 0 Å². The lowest BCUT2D eigenvalue weighted by Crippen LogP contribution is -2.50. The van der Waals surface area contributed by atoms with E-state index in [0.717, 1.165) is 4.48 Å². The first-order valence-electron chi connectivity index (χ1n) is 7.54. The lowest BCUT2D eigenvalue weighted by molar-refractivity contribution is -0.952. The zero-order chi connectivity index (χ0) is 14.9. The van der Waals surface area contributed by atoms with Gasteiger partial charge in [0, 0.05) is 11.1 Å². The molecule has 21 heavy (non-hydrogen) atoms. The number of rotatable bonds is 2. The summed E-state index contributed by atoms with van der Waals surface area (Å²) in [5.74, 6) is 0.371. The van der Waals surface area contributed by atoms with Crippen molar-refractivity contribution in [1.82, 2.24) is 0 Å². The molecule has 2 aromatic rings. The van der Waals surface area contributed by atoms with E-state index in [-0.39, 0.29) is 12.1 Å². The van der Waals surface area contributed by atoms with Crippen LogP contribution in [0, 0.1) is 0 Å². The third kappa shape index (κ3) is 2.64. The molecule has 0 aromatic heterocycles. The number of likely N-dealkylation sites (tertiary alicyclic amines) is 1. The molecule has 2 atom stereocenters. The number of hydrogen-bond acceptors (Lipinski definition) is 1. The van der Waals surface area contributed by atoms with Gasteiger partial charge in [-0.25, -0.2) is 0 Å². The van der Waals surface area contributed by atoms with Crippen LogP contribution in [0.3, 0.4) is 0 Å². The Bertz CT molecular complexity index is 565. The first-order valence-corrected chi connectivity index (χ1v) is 7.54. The highest BCUT2D eigenvalue weighted by Gasteiger charge is 2.44. The molecule has 0 unspecified atom stereocenters. The predicted molar refractivity (Wildman–Crippen MR) is 84.7 cm³/mol. The number of Topliss-reactive ketones (excluding diaryl/α,β-unsaturated/α-hetero) is 1. The van der Waals surface area contributed by atoms with Crippen LogP contribution in [0.5, 0.6) is 0 Å². The van der Waals surface area contributed by atoms with E-state index in [2.05, 4.69) is 62.6 Å². The lowest BCUT2D eigenvalue weighted by Gasteiger charge is -2.47. The van der Waals surface area contributed by atoms with Gasteiger partial charge in [0.25, 0.3) is 0 Å². The van der Waals surface area contributed by atoms with E-state index in [1.807, 2.05) is 12.1 Å². The summed E-state index contributed by atoms with van der Waals surface area (Å²) in [6.07, 6.45) is 1.28. The number of benzene rings is 2. The van der Waals surface area contributed by atoms with E-state index in [1.165, 1.54) is 11.1 Å². The molecule has 2 nitrogen and oxygen atoms in total. The third-order valence-corrected chi connectivity index (χ3v) is 4.82. The highest BCUT2D eigenvalue weighted by molar-refractivity contribution is 5.80. The highest BCUT2D eigenvalue weighted by atomic mass is 16.1. The topological polar surface area (TPSA) is 17.1 Å². The largest absolute Gasteiger partial charge is 0.315 e. The van der Waals surface area contributed by atoms with Crippen LogP contribution < -0.4 is 0 Å². The minimum Gasteiger partial charge on any atom is -0.315 e. The average Bonchev–Trinajstić information content (AvgIpc) is 2.51. The Morgan fingerprint density at radius 1 is 0.762 bits per heavy atom. The summed E-state index contributed by atoms with van der Waals surface area (Å²) in [6, 6.07) is 21.4. The molecule has 1 heterocycles. The van der Waals surface area contributed by atoms with Gasteiger partial charge in [-0.3, -0.25) is 4.79 Å². The smallest absolute Gasteiger partial charge is 0.145 e. The number of piperidine rings is 1. The van der Waals surface area contributed by atoms with Crippen molar-refractivity contribution >= 4 is 5.78 Å². The number of nitrogens with zero attached hydrogens (tertiary/aromatic N) is 1. The Balaban J connectivity index is 2.01. The Morgan fingerprint density at radius 3 is 1.52 bits per heavy atom. The fourth-order valence-electron chi connectivity index (χ4n) is 3.56. The summed E-state index contributed by atoms with van der Waals surface area (Å²) < 4.78 is 0.833. The SMILES string of the molecule is C[N+]1(C)[C@@H](c2ccccc2)CC(=O)C[C@H]1c1ccccc1. The molecule has 0 radical (unpaired) electrons. The van der Waals surface area contributed by atoms with E-state index < -0.39 is 0 Å². The lowest BCUT2D eigenvalue weighted by atomic mass is 9.85. The number of carbonyl (C=O) groups excluding carboxylic acids is 1.